The topological polar surface area (TPSA) is 45.3 Å². The molecule has 1 aromatic rings. The molecule has 4 saturated heterocycles. The monoisotopic (exact) mass is 481 g/mol. The van der Waals surface area contributed by atoms with Crippen molar-refractivity contribution in [2.75, 3.05) is 59.2 Å². The van der Waals surface area contributed by atoms with Gasteiger partial charge in [0.2, 0.25) is 5.91 Å². The second-order valence-electron chi connectivity index (χ2n) is 9.65. The Labute approximate surface area is 200 Å². The highest BCUT2D eigenvalue weighted by molar-refractivity contribution is 6.42. The van der Waals surface area contributed by atoms with Gasteiger partial charge in [-0.05, 0) is 56.6 Å². The van der Waals surface area contributed by atoms with Crippen LogP contribution >= 0.6 is 23.2 Å². The maximum atomic E-state index is 13.6. The van der Waals surface area contributed by atoms with E-state index in [0.717, 1.165) is 57.9 Å². The maximum absolute atomic E-state index is 13.6. The molecule has 1 aromatic carbocycles. The van der Waals surface area contributed by atoms with Crippen LogP contribution in [0.25, 0.3) is 0 Å². The van der Waals surface area contributed by atoms with Gasteiger partial charge >= 0.3 is 0 Å². The van der Waals surface area contributed by atoms with Crippen molar-refractivity contribution in [3.63, 3.8) is 0 Å². The smallest absolute Gasteiger partial charge is 0.227 e. The van der Waals surface area contributed by atoms with Crippen molar-refractivity contribution in [2.24, 2.45) is 5.92 Å². The first-order valence-corrected chi connectivity index (χ1v) is 12.7. The fraction of sp³-hybridized carbons (Fsp3) is 0.708. The van der Waals surface area contributed by atoms with Gasteiger partial charge in [-0.1, -0.05) is 29.3 Å². The molecule has 0 radical (unpaired) electrons. The van der Waals surface area contributed by atoms with Crippen molar-refractivity contribution < 1.29 is 14.3 Å². The largest absolute Gasteiger partial charge is 0.381 e. The number of hydrogen-bond donors (Lipinski definition) is 0. The van der Waals surface area contributed by atoms with Crippen molar-refractivity contribution >= 4 is 29.1 Å². The van der Waals surface area contributed by atoms with Crippen molar-refractivity contribution in [1.29, 1.82) is 0 Å². The number of nitrogens with zero attached hydrogens (tertiary/aromatic N) is 3. The van der Waals surface area contributed by atoms with E-state index < -0.39 is 0 Å². The molecule has 0 bridgehead atoms. The number of piperazine rings is 1. The van der Waals surface area contributed by atoms with Crippen molar-refractivity contribution in [2.45, 2.75) is 43.8 Å². The minimum atomic E-state index is 0.170. The van der Waals surface area contributed by atoms with E-state index in [2.05, 4.69) is 14.7 Å². The average Bonchev–Trinajstić information content (AvgIpc) is 3.29. The molecule has 32 heavy (non-hydrogen) atoms. The van der Waals surface area contributed by atoms with Crippen LogP contribution in [0.15, 0.2) is 18.2 Å². The van der Waals surface area contributed by atoms with Crippen LogP contribution < -0.4 is 0 Å². The fourth-order valence-corrected chi connectivity index (χ4v) is 6.06. The molecule has 1 amide bonds. The number of ether oxygens (including phenoxy) is 2. The summed E-state index contributed by atoms with van der Waals surface area (Å²) in [6, 6.07) is 6.19. The molecule has 176 valence electrons. The molecule has 1 unspecified atom stereocenters. The minimum Gasteiger partial charge on any atom is -0.381 e. The first-order chi connectivity index (χ1) is 15.6. The summed E-state index contributed by atoms with van der Waals surface area (Å²) in [4.78, 5) is 20.8. The number of likely N-dealkylation sites (tertiary alicyclic amines) is 1. The average molecular weight is 482 g/mol. The second kappa shape index (κ2) is 10.2. The number of carbonyl (C=O) groups is 1. The van der Waals surface area contributed by atoms with Crippen LogP contribution in [0, 0.1) is 5.92 Å². The predicted molar refractivity (Wildman–Crippen MR) is 125 cm³/mol. The number of halogens is 2. The summed E-state index contributed by atoms with van der Waals surface area (Å²) >= 11 is 12.3. The zero-order chi connectivity index (χ0) is 22.1. The van der Waals surface area contributed by atoms with E-state index in [1.165, 1.54) is 12.8 Å². The normalized spacial score (nSPS) is 29.7. The summed E-state index contributed by atoms with van der Waals surface area (Å²) in [5.74, 6) is 0.859. The van der Waals surface area contributed by atoms with Gasteiger partial charge in [-0.15, -0.1) is 0 Å². The summed E-state index contributed by atoms with van der Waals surface area (Å²) in [6.07, 6.45) is 3.98. The predicted octanol–water partition coefficient (Wildman–Crippen LogP) is 2.95. The highest BCUT2D eigenvalue weighted by Crippen LogP contribution is 2.31. The Hall–Kier alpha value is -0.890. The van der Waals surface area contributed by atoms with Crippen LogP contribution in [0.3, 0.4) is 0 Å². The van der Waals surface area contributed by atoms with Crippen molar-refractivity contribution in [3.8, 4) is 0 Å². The van der Waals surface area contributed by atoms with E-state index in [9.17, 15) is 4.79 Å². The Balaban J connectivity index is 1.34. The number of hydrogen-bond acceptors (Lipinski definition) is 5. The number of benzene rings is 1. The Morgan fingerprint density at radius 2 is 1.69 bits per heavy atom. The van der Waals surface area contributed by atoms with Gasteiger partial charge in [0.15, 0.2) is 0 Å². The Morgan fingerprint density at radius 3 is 2.41 bits per heavy atom. The number of amides is 1. The van der Waals surface area contributed by atoms with Gasteiger partial charge in [-0.3, -0.25) is 14.6 Å². The Morgan fingerprint density at radius 1 is 0.938 bits per heavy atom. The lowest BCUT2D eigenvalue weighted by atomic mass is 9.90. The number of rotatable bonds is 6. The van der Waals surface area contributed by atoms with Crippen LogP contribution in [0.5, 0.6) is 0 Å². The third kappa shape index (κ3) is 4.82. The molecule has 4 aliphatic heterocycles. The van der Waals surface area contributed by atoms with Crippen molar-refractivity contribution in [1.82, 2.24) is 14.7 Å². The van der Waals surface area contributed by atoms with Gasteiger partial charge in [0.05, 0.1) is 61.0 Å². The molecule has 0 aromatic heterocycles. The fourth-order valence-electron chi connectivity index (χ4n) is 5.74. The highest BCUT2D eigenvalue weighted by atomic mass is 35.5. The Bertz CT molecular complexity index is 816. The molecule has 8 heteroatoms. The standard InChI is InChI=1S/C24H33Cl2N3O3/c25-19-4-3-17(11-20(19)26)12-23(30)29-10-9-28(8-5-18-13-31-14-18)22-16-32-15-21(24(22)29)27-6-1-2-7-27/h3-4,11,18,21-22,24H,1-2,5-10,12-16H2/t21?,22-,24-/m1/s1. The first kappa shape index (κ1) is 22.9. The van der Waals surface area contributed by atoms with Gasteiger partial charge < -0.3 is 14.4 Å². The number of fused-ring (bicyclic) bond motifs is 1. The molecule has 0 spiro atoms. The van der Waals surface area contributed by atoms with E-state index in [-0.39, 0.29) is 24.0 Å². The Kier molecular flexibility index (Phi) is 7.27. The van der Waals surface area contributed by atoms with Gasteiger partial charge in [0, 0.05) is 19.0 Å². The molecule has 4 aliphatic rings. The molecule has 0 saturated carbocycles. The third-order valence-electron chi connectivity index (χ3n) is 7.62. The molecular formula is C24H33Cl2N3O3. The lowest BCUT2D eigenvalue weighted by Gasteiger charge is -2.54. The minimum absolute atomic E-state index is 0.170. The third-order valence-corrected chi connectivity index (χ3v) is 8.36. The summed E-state index contributed by atoms with van der Waals surface area (Å²) in [6.45, 7) is 8.13. The SMILES string of the molecule is O=C(Cc1ccc(Cl)c(Cl)c1)N1CCN(CCC2COC2)[C@@H]2COCC(N3CCCC3)[C@H]21. The van der Waals surface area contributed by atoms with Gasteiger partial charge in [-0.25, -0.2) is 0 Å². The summed E-state index contributed by atoms with van der Waals surface area (Å²) < 4.78 is 11.5. The molecule has 3 atom stereocenters. The lowest BCUT2D eigenvalue weighted by molar-refractivity contribution is -0.153. The number of carbonyl (C=O) groups excluding carboxylic acids is 1. The molecule has 4 heterocycles. The van der Waals surface area contributed by atoms with Gasteiger partial charge in [0.25, 0.3) is 0 Å². The summed E-state index contributed by atoms with van der Waals surface area (Å²) in [5, 5.41) is 1.02. The first-order valence-electron chi connectivity index (χ1n) is 12.0. The van der Waals surface area contributed by atoms with Crippen LogP contribution in [-0.4, -0.2) is 97.9 Å². The maximum Gasteiger partial charge on any atom is 0.227 e. The highest BCUT2D eigenvalue weighted by Gasteiger charge is 2.47. The van der Waals surface area contributed by atoms with E-state index in [0.29, 0.717) is 35.6 Å². The molecule has 0 N–H and O–H groups in total. The van der Waals surface area contributed by atoms with Crippen LogP contribution in [0.2, 0.25) is 10.0 Å². The lowest BCUT2D eigenvalue weighted by Crippen LogP contribution is -2.71. The van der Waals surface area contributed by atoms with Crippen molar-refractivity contribution in [3.05, 3.63) is 33.8 Å². The van der Waals surface area contributed by atoms with Crippen LogP contribution in [0.1, 0.15) is 24.8 Å². The van der Waals surface area contributed by atoms with E-state index >= 15 is 0 Å². The van der Waals surface area contributed by atoms with Gasteiger partial charge in [-0.2, -0.15) is 0 Å². The second-order valence-corrected chi connectivity index (χ2v) is 10.5. The molecule has 0 aliphatic carbocycles. The summed E-state index contributed by atoms with van der Waals surface area (Å²) in [5.41, 5.74) is 0.915. The van der Waals surface area contributed by atoms with Crippen LogP contribution in [0.4, 0.5) is 0 Å². The molecule has 4 fully saturated rings. The van der Waals surface area contributed by atoms with E-state index in [1.54, 1.807) is 6.07 Å². The molecule has 6 nitrogen and oxygen atoms in total. The van der Waals surface area contributed by atoms with E-state index in [4.69, 9.17) is 32.7 Å². The summed E-state index contributed by atoms with van der Waals surface area (Å²) in [7, 11) is 0. The van der Waals surface area contributed by atoms with E-state index in [1.807, 2.05) is 12.1 Å². The van der Waals surface area contributed by atoms with Crippen LogP contribution in [-0.2, 0) is 20.7 Å². The molecular weight excluding hydrogens is 449 g/mol. The molecule has 5 rings (SSSR count). The quantitative estimate of drug-likeness (QED) is 0.624. The van der Waals surface area contributed by atoms with Gasteiger partial charge in [0.1, 0.15) is 0 Å². The zero-order valence-corrected chi connectivity index (χ0v) is 20.1. The zero-order valence-electron chi connectivity index (χ0n) is 18.6.